The molecule has 0 saturated carbocycles. The maximum Gasteiger partial charge on any atom is 0.258 e. The van der Waals surface area contributed by atoms with E-state index in [0.29, 0.717) is 18.9 Å². The van der Waals surface area contributed by atoms with E-state index in [9.17, 15) is 9.18 Å². The van der Waals surface area contributed by atoms with Gasteiger partial charge in [0.15, 0.2) is 6.61 Å². The van der Waals surface area contributed by atoms with Crippen molar-refractivity contribution < 1.29 is 18.7 Å². The van der Waals surface area contributed by atoms with E-state index in [1.54, 1.807) is 6.07 Å². The van der Waals surface area contributed by atoms with Crippen LogP contribution in [0.25, 0.3) is 0 Å². The summed E-state index contributed by atoms with van der Waals surface area (Å²) in [6.07, 6.45) is 0. The molecule has 0 aliphatic carbocycles. The van der Waals surface area contributed by atoms with Gasteiger partial charge < -0.3 is 14.8 Å². The summed E-state index contributed by atoms with van der Waals surface area (Å²) in [5.41, 5.74) is 0.961. The third-order valence-corrected chi connectivity index (χ3v) is 2.89. The van der Waals surface area contributed by atoms with Crippen molar-refractivity contribution in [2.75, 3.05) is 13.2 Å². The van der Waals surface area contributed by atoms with Crippen molar-refractivity contribution in [2.24, 2.45) is 0 Å². The summed E-state index contributed by atoms with van der Waals surface area (Å²) in [7, 11) is 0. The van der Waals surface area contributed by atoms with E-state index >= 15 is 0 Å². The molecule has 2 aromatic carbocycles. The molecular formula is C17H18FNO3. The van der Waals surface area contributed by atoms with Crippen molar-refractivity contribution in [1.82, 2.24) is 5.32 Å². The summed E-state index contributed by atoms with van der Waals surface area (Å²) in [5, 5.41) is 2.74. The number of rotatable bonds is 7. The Labute approximate surface area is 128 Å². The lowest BCUT2D eigenvalue weighted by atomic mass is 10.2. The van der Waals surface area contributed by atoms with Crippen LogP contribution in [0.4, 0.5) is 4.39 Å². The van der Waals surface area contributed by atoms with Gasteiger partial charge in [0.05, 0.1) is 6.61 Å². The molecule has 0 aliphatic rings. The van der Waals surface area contributed by atoms with E-state index in [0.717, 1.165) is 11.3 Å². The maximum absolute atomic E-state index is 13.0. The van der Waals surface area contributed by atoms with Crippen molar-refractivity contribution in [2.45, 2.75) is 13.5 Å². The summed E-state index contributed by atoms with van der Waals surface area (Å²) in [4.78, 5) is 11.7. The van der Waals surface area contributed by atoms with Gasteiger partial charge >= 0.3 is 0 Å². The molecule has 0 heterocycles. The highest BCUT2D eigenvalue weighted by Gasteiger charge is 2.04. The van der Waals surface area contributed by atoms with Crippen LogP contribution in [0.15, 0.2) is 48.5 Å². The second-order valence-corrected chi connectivity index (χ2v) is 4.60. The van der Waals surface area contributed by atoms with E-state index in [2.05, 4.69) is 5.32 Å². The van der Waals surface area contributed by atoms with Gasteiger partial charge in [-0.1, -0.05) is 18.2 Å². The smallest absolute Gasteiger partial charge is 0.258 e. The summed E-state index contributed by atoms with van der Waals surface area (Å²) in [5.74, 6) is 0.466. The van der Waals surface area contributed by atoms with Gasteiger partial charge in [-0.2, -0.15) is 0 Å². The summed E-state index contributed by atoms with van der Waals surface area (Å²) in [6, 6.07) is 13.2. The highest BCUT2D eigenvalue weighted by atomic mass is 19.1. The molecule has 0 aliphatic heterocycles. The molecule has 0 saturated heterocycles. The Bertz CT molecular complexity index is 614. The van der Waals surface area contributed by atoms with Crippen LogP contribution in [-0.2, 0) is 11.3 Å². The molecule has 0 fully saturated rings. The summed E-state index contributed by atoms with van der Waals surface area (Å²) < 4.78 is 23.5. The zero-order valence-electron chi connectivity index (χ0n) is 12.3. The first-order valence-electron chi connectivity index (χ1n) is 7.04. The van der Waals surface area contributed by atoms with Crippen LogP contribution in [0.5, 0.6) is 11.5 Å². The fourth-order valence-corrected chi connectivity index (χ4v) is 1.83. The predicted molar refractivity (Wildman–Crippen MR) is 81.4 cm³/mol. The minimum absolute atomic E-state index is 0.152. The third-order valence-electron chi connectivity index (χ3n) is 2.89. The molecule has 1 N–H and O–H groups in total. The first-order valence-corrected chi connectivity index (χ1v) is 7.04. The lowest BCUT2D eigenvalue weighted by Crippen LogP contribution is -2.28. The van der Waals surface area contributed by atoms with Crippen LogP contribution >= 0.6 is 0 Å². The molecule has 0 radical (unpaired) electrons. The lowest BCUT2D eigenvalue weighted by Gasteiger charge is -2.08. The zero-order chi connectivity index (χ0) is 15.8. The Balaban J connectivity index is 1.75. The van der Waals surface area contributed by atoms with E-state index in [1.165, 1.54) is 18.2 Å². The number of hydrogen-bond donors (Lipinski definition) is 1. The van der Waals surface area contributed by atoms with E-state index in [1.807, 2.05) is 31.2 Å². The van der Waals surface area contributed by atoms with Crippen LogP contribution < -0.4 is 14.8 Å². The minimum atomic E-state index is -0.396. The standard InChI is InChI=1S/C17H18FNO3/c1-2-21-15-8-6-13(7-9-15)11-19-17(20)12-22-16-5-3-4-14(18)10-16/h3-10H,2,11-12H2,1H3,(H,19,20). The Morgan fingerprint density at radius 2 is 1.86 bits per heavy atom. The molecular weight excluding hydrogens is 285 g/mol. The van der Waals surface area contributed by atoms with Crippen LogP contribution in [-0.4, -0.2) is 19.1 Å². The number of nitrogens with one attached hydrogen (secondary N) is 1. The number of halogens is 1. The van der Waals surface area contributed by atoms with Gasteiger partial charge in [0, 0.05) is 12.6 Å². The van der Waals surface area contributed by atoms with Gasteiger partial charge in [-0.15, -0.1) is 0 Å². The Hall–Kier alpha value is -2.56. The monoisotopic (exact) mass is 303 g/mol. The third kappa shape index (κ3) is 5.09. The SMILES string of the molecule is CCOc1ccc(CNC(=O)COc2cccc(F)c2)cc1. The Kier molecular flexibility index (Phi) is 5.77. The number of benzene rings is 2. The quantitative estimate of drug-likeness (QED) is 0.855. The van der Waals surface area contributed by atoms with Crippen molar-refractivity contribution in [3.05, 3.63) is 59.9 Å². The summed E-state index contributed by atoms with van der Waals surface area (Å²) >= 11 is 0. The van der Waals surface area contributed by atoms with Gasteiger partial charge in [0.1, 0.15) is 17.3 Å². The number of amides is 1. The van der Waals surface area contributed by atoms with E-state index < -0.39 is 5.82 Å². The molecule has 2 aromatic rings. The highest BCUT2D eigenvalue weighted by Crippen LogP contribution is 2.12. The van der Waals surface area contributed by atoms with Gasteiger partial charge in [0.25, 0.3) is 5.91 Å². The first kappa shape index (κ1) is 15.8. The minimum Gasteiger partial charge on any atom is -0.494 e. The fourth-order valence-electron chi connectivity index (χ4n) is 1.83. The molecule has 0 atom stereocenters. The highest BCUT2D eigenvalue weighted by molar-refractivity contribution is 5.77. The molecule has 2 rings (SSSR count). The van der Waals surface area contributed by atoms with Gasteiger partial charge in [0.2, 0.25) is 0 Å². The molecule has 5 heteroatoms. The lowest BCUT2D eigenvalue weighted by molar-refractivity contribution is -0.123. The first-order chi connectivity index (χ1) is 10.7. The number of carbonyl (C=O) groups excluding carboxylic acids is 1. The average molecular weight is 303 g/mol. The molecule has 0 aromatic heterocycles. The predicted octanol–water partition coefficient (Wildman–Crippen LogP) is 2.92. The molecule has 22 heavy (non-hydrogen) atoms. The van der Waals surface area contributed by atoms with Gasteiger partial charge in [-0.05, 0) is 36.8 Å². The average Bonchev–Trinajstić information content (AvgIpc) is 2.53. The van der Waals surface area contributed by atoms with E-state index in [-0.39, 0.29) is 12.5 Å². The Morgan fingerprint density at radius 1 is 1.09 bits per heavy atom. The molecule has 0 spiro atoms. The number of hydrogen-bond acceptors (Lipinski definition) is 3. The topological polar surface area (TPSA) is 47.6 Å². The van der Waals surface area contributed by atoms with Crippen LogP contribution in [0.1, 0.15) is 12.5 Å². The van der Waals surface area contributed by atoms with Gasteiger partial charge in [-0.3, -0.25) is 4.79 Å². The number of carbonyl (C=O) groups is 1. The molecule has 0 unspecified atom stereocenters. The Morgan fingerprint density at radius 3 is 2.55 bits per heavy atom. The summed E-state index contributed by atoms with van der Waals surface area (Å²) in [6.45, 7) is 2.79. The van der Waals surface area contributed by atoms with Crippen molar-refractivity contribution >= 4 is 5.91 Å². The van der Waals surface area contributed by atoms with Crippen LogP contribution in [0.3, 0.4) is 0 Å². The van der Waals surface area contributed by atoms with E-state index in [4.69, 9.17) is 9.47 Å². The molecule has 0 bridgehead atoms. The zero-order valence-corrected chi connectivity index (χ0v) is 12.3. The van der Waals surface area contributed by atoms with Crippen molar-refractivity contribution in [3.63, 3.8) is 0 Å². The fraction of sp³-hybridized carbons (Fsp3) is 0.235. The van der Waals surface area contributed by atoms with Crippen molar-refractivity contribution in [1.29, 1.82) is 0 Å². The molecule has 116 valence electrons. The van der Waals surface area contributed by atoms with Crippen molar-refractivity contribution in [3.8, 4) is 11.5 Å². The van der Waals surface area contributed by atoms with Crippen LogP contribution in [0.2, 0.25) is 0 Å². The largest absolute Gasteiger partial charge is 0.494 e. The van der Waals surface area contributed by atoms with Crippen LogP contribution in [0, 0.1) is 5.82 Å². The van der Waals surface area contributed by atoms with Gasteiger partial charge in [-0.25, -0.2) is 4.39 Å². The molecule has 4 nitrogen and oxygen atoms in total. The number of ether oxygens (including phenoxy) is 2. The molecule has 1 amide bonds. The maximum atomic E-state index is 13.0. The second kappa shape index (κ2) is 8.02. The second-order valence-electron chi connectivity index (χ2n) is 4.60. The normalized spacial score (nSPS) is 10.1.